The van der Waals surface area contributed by atoms with Crippen LogP contribution < -0.4 is 0 Å². The van der Waals surface area contributed by atoms with Crippen LogP contribution in [0.1, 0.15) is 175 Å². The number of carbonyl (C=O) groups excluding carboxylic acids is 2. The van der Waals surface area contributed by atoms with Gasteiger partial charge in [0.25, 0.3) is 0 Å². The molecule has 0 aromatic heterocycles. The minimum Gasteiger partial charge on any atom is -0.462 e. The Morgan fingerprint density at radius 3 is 1.58 bits per heavy atom. The molecule has 0 amide bonds. The minimum atomic E-state index is -0.561. The summed E-state index contributed by atoms with van der Waals surface area (Å²) in [5.41, 5.74) is 0. The van der Waals surface area contributed by atoms with Gasteiger partial charge >= 0.3 is 11.9 Å². The summed E-state index contributed by atoms with van der Waals surface area (Å²) in [5.74, 6) is -0.449. The Morgan fingerprint density at radius 1 is 0.479 bits per heavy atom. The first kappa shape index (κ1) is 45.6. The summed E-state index contributed by atoms with van der Waals surface area (Å²) in [5, 5.41) is 0. The van der Waals surface area contributed by atoms with Crippen molar-refractivity contribution in [3.05, 3.63) is 60.8 Å². The van der Waals surface area contributed by atoms with Gasteiger partial charge in [0.2, 0.25) is 0 Å². The Morgan fingerprint density at radius 2 is 0.958 bits per heavy atom. The molecule has 0 rings (SSSR count). The van der Waals surface area contributed by atoms with Crippen LogP contribution in [0.4, 0.5) is 0 Å². The third-order valence-electron chi connectivity index (χ3n) is 8.04. The van der Waals surface area contributed by atoms with E-state index in [2.05, 4.69) is 81.5 Å². The summed E-state index contributed by atoms with van der Waals surface area (Å²) < 4.78 is 17.1. The molecular weight excluding hydrogens is 596 g/mol. The lowest BCUT2D eigenvalue weighted by Crippen LogP contribution is -2.30. The van der Waals surface area contributed by atoms with Gasteiger partial charge in [0.15, 0.2) is 6.10 Å². The zero-order valence-electron chi connectivity index (χ0n) is 31.5. The number of carbonyl (C=O) groups is 2. The molecule has 0 aromatic carbocycles. The van der Waals surface area contributed by atoms with Crippen LogP contribution in [0.5, 0.6) is 0 Å². The Balaban J connectivity index is 4.31. The third kappa shape index (κ3) is 36.4. The maximum Gasteiger partial charge on any atom is 0.306 e. The molecule has 1 unspecified atom stereocenters. The second-order valence-electron chi connectivity index (χ2n) is 12.8. The summed E-state index contributed by atoms with van der Waals surface area (Å²) in [6.45, 7) is 7.47. The standard InChI is InChI=1S/C43H74O5/c1-4-7-10-13-16-18-20-21-22-24-26-29-32-35-38-46-39-41(48-43(45)37-34-31-27-15-12-9-6-3)40-47-42(44)36-33-30-28-25-23-19-17-14-11-8-5-2/h7,10,14,16-18,21-22,26,29,41H,4-6,8-9,11-13,15,19-20,23-25,27-28,30-40H2,1-3H3/b10-7-,17-14-,18-16-,22-21-,29-26-. The lowest BCUT2D eigenvalue weighted by Gasteiger charge is -2.18. The summed E-state index contributed by atoms with van der Waals surface area (Å²) in [6.07, 6.45) is 46.6. The van der Waals surface area contributed by atoms with E-state index in [-0.39, 0.29) is 25.2 Å². The topological polar surface area (TPSA) is 61.8 Å². The van der Waals surface area contributed by atoms with Crippen molar-refractivity contribution in [3.8, 4) is 0 Å². The Hall–Kier alpha value is -2.40. The average molecular weight is 671 g/mol. The number of hydrogen-bond acceptors (Lipinski definition) is 5. The van der Waals surface area contributed by atoms with Crippen molar-refractivity contribution in [1.82, 2.24) is 0 Å². The highest BCUT2D eigenvalue weighted by Crippen LogP contribution is 2.12. The van der Waals surface area contributed by atoms with E-state index in [0.29, 0.717) is 19.4 Å². The molecule has 0 fully saturated rings. The molecule has 0 spiro atoms. The highest BCUT2D eigenvalue weighted by molar-refractivity contribution is 5.70. The largest absolute Gasteiger partial charge is 0.462 e. The zero-order valence-corrected chi connectivity index (χ0v) is 31.5. The third-order valence-corrected chi connectivity index (χ3v) is 8.04. The van der Waals surface area contributed by atoms with Gasteiger partial charge in [-0.2, -0.15) is 0 Å². The first-order chi connectivity index (χ1) is 23.6. The number of hydrogen-bond donors (Lipinski definition) is 0. The Kier molecular flexibility index (Phi) is 37.1. The molecule has 0 N–H and O–H groups in total. The van der Waals surface area contributed by atoms with Gasteiger partial charge in [-0.05, 0) is 70.6 Å². The van der Waals surface area contributed by atoms with Crippen LogP contribution in [0.2, 0.25) is 0 Å². The SMILES string of the molecule is CC/C=C\C/C=C\C/C=C\C/C=C\CCCOCC(COC(=O)CCCCCCC/C=C\CCCC)OC(=O)CCCCCCCCC. The number of allylic oxidation sites excluding steroid dienone is 10. The molecule has 0 radical (unpaired) electrons. The van der Waals surface area contributed by atoms with Crippen LogP contribution in [-0.4, -0.2) is 37.9 Å². The second-order valence-corrected chi connectivity index (χ2v) is 12.8. The monoisotopic (exact) mass is 671 g/mol. The Bertz CT molecular complexity index is 853. The molecule has 0 saturated carbocycles. The molecule has 0 bridgehead atoms. The van der Waals surface area contributed by atoms with Gasteiger partial charge in [0.05, 0.1) is 6.61 Å². The molecule has 0 saturated heterocycles. The van der Waals surface area contributed by atoms with E-state index in [9.17, 15) is 9.59 Å². The summed E-state index contributed by atoms with van der Waals surface area (Å²) in [7, 11) is 0. The van der Waals surface area contributed by atoms with Gasteiger partial charge in [0.1, 0.15) is 6.61 Å². The van der Waals surface area contributed by atoms with E-state index in [1.807, 2.05) is 0 Å². The normalized spacial score (nSPS) is 12.8. The van der Waals surface area contributed by atoms with Gasteiger partial charge in [-0.1, -0.05) is 152 Å². The first-order valence-corrected chi connectivity index (χ1v) is 19.8. The van der Waals surface area contributed by atoms with Crippen molar-refractivity contribution in [3.63, 3.8) is 0 Å². The molecule has 0 aliphatic heterocycles. The predicted molar refractivity (Wildman–Crippen MR) is 205 cm³/mol. The lowest BCUT2D eigenvalue weighted by molar-refractivity contribution is -0.163. The molecule has 0 heterocycles. The summed E-state index contributed by atoms with van der Waals surface area (Å²) in [4.78, 5) is 25.0. The van der Waals surface area contributed by atoms with Crippen LogP contribution in [0.25, 0.3) is 0 Å². The van der Waals surface area contributed by atoms with E-state index in [0.717, 1.165) is 83.5 Å². The molecule has 0 aliphatic rings. The second kappa shape index (κ2) is 39.0. The molecule has 0 aliphatic carbocycles. The fourth-order valence-electron chi connectivity index (χ4n) is 5.08. The van der Waals surface area contributed by atoms with Crippen molar-refractivity contribution in [1.29, 1.82) is 0 Å². The number of ether oxygens (including phenoxy) is 3. The molecule has 48 heavy (non-hydrogen) atoms. The quantitative estimate of drug-likeness (QED) is 0.0381. The van der Waals surface area contributed by atoms with Crippen molar-refractivity contribution < 1.29 is 23.8 Å². The summed E-state index contributed by atoms with van der Waals surface area (Å²) in [6, 6.07) is 0. The van der Waals surface area contributed by atoms with Crippen molar-refractivity contribution >= 4 is 11.9 Å². The van der Waals surface area contributed by atoms with Gasteiger partial charge in [0, 0.05) is 19.4 Å². The highest BCUT2D eigenvalue weighted by Gasteiger charge is 2.17. The number of rotatable bonds is 35. The number of esters is 2. The molecule has 276 valence electrons. The van der Waals surface area contributed by atoms with E-state index in [4.69, 9.17) is 14.2 Å². The van der Waals surface area contributed by atoms with E-state index in [1.165, 1.54) is 57.8 Å². The Labute approximate surface area is 296 Å². The van der Waals surface area contributed by atoms with Crippen LogP contribution in [0, 0.1) is 0 Å². The minimum absolute atomic E-state index is 0.0584. The van der Waals surface area contributed by atoms with Gasteiger partial charge < -0.3 is 14.2 Å². The predicted octanol–water partition coefficient (Wildman–Crippen LogP) is 12.7. The van der Waals surface area contributed by atoms with E-state index >= 15 is 0 Å². The van der Waals surface area contributed by atoms with Gasteiger partial charge in [-0.15, -0.1) is 0 Å². The maximum absolute atomic E-state index is 12.5. The average Bonchev–Trinajstić information content (AvgIpc) is 3.08. The molecule has 5 nitrogen and oxygen atoms in total. The van der Waals surface area contributed by atoms with Crippen molar-refractivity contribution in [2.45, 2.75) is 181 Å². The first-order valence-electron chi connectivity index (χ1n) is 19.8. The van der Waals surface area contributed by atoms with E-state index in [1.54, 1.807) is 0 Å². The number of unbranched alkanes of at least 4 members (excludes halogenated alkanes) is 14. The van der Waals surface area contributed by atoms with Crippen LogP contribution >= 0.6 is 0 Å². The molecule has 1 atom stereocenters. The van der Waals surface area contributed by atoms with Crippen molar-refractivity contribution in [2.24, 2.45) is 0 Å². The van der Waals surface area contributed by atoms with Crippen LogP contribution in [0.3, 0.4) is 0 Å². The molecule has 5 heteroatoms. The van der Waals surface area contributed by atoms with Gasteiger partial charge in [-0.25, -0.2) is 0 Å². The smallest absolute Gasteiger partial charge is 0.306 e. The summed E-state index contributed by atoms with van der Waals surface area (Å²) >= 11 is 0. The van der Waals surface area contributed by atoms with Crippen LogP contribution in [-0.2, 0) is 23.8 Å². The fraction of sp³-hybridized carbons (Fsp3) is 0.721. The molecular formula is C43H74O5. The zero-order chi connectivity index (χ0) is 35.0. The van der Waals surface area contributed by atoms with Crippen LogP contribution in [0.15, 0.2) is 60.8 Å². The fourth-order valence-corrected chi connectivity index (χ4v) is 5.08. The highest BCUT2D eigenvalue weighted by atomic mass is 16.6. The lowest BCUT2D eigenvalue weighted by atomic mass is 10.1. The van der Waals surface area contributed by atoms with E-state index < -0.39 is 6.10 Å². The molecule has 0 aromatic rings. The van der Waals surface area contributed by atoms with Gasteiger partial charge in [-0.3, -0.25) is 9.59 Å². The maximum atomic E-state index is 12.5. The van der Waals surface area contributed by atoms with Crippen molar-refractivity contribution in [2.75, 3.05) is 19.8 Å².